The minimum atomic E-state index is -1.27. The van der Waals surface area contributed by atoms with Crippen molar-refractivity contribution in [1.29, 1.82) is 0 Å². The van der Waals surface area contributed by atoms with Crippen LogP contribution in [0.25, 0.3) is 0 Å². The highest BCUT2D eigenvalue weighted by Crippen LogP contribution is 2.25. The van der Waals surface area contributed by atoms with Gasteiger partial charge in [0, 0.05) is 20.6 Å². The van der Waals surface area contributed by atoms with E-state index in [1.54, 1.807) is 0 Å². The Hall–Kier alpha value is -3.18. The van der Waals surface area contributed by atoms with Crippen molar-refractivity contribution in [3.8, 4) is 5.75 Å². The molecule has 11 heteroatoms. The molecule has 0 fully saturated rings. The van der Waals surface area contributed by atoms with Gasteiger partial charge in [0.2, 0.25) is 17.7 Å². The van der Waals surface area contributed by atoms with E-state index in [2.05, 4.69) is 10.1 Å². The van der Waals surface area contributed by atoms with Gasteiger partial charge in [0.25, 0.3) is 0 Å². The number of nitrogens with zero attached hydrogens (tertiary/aromatic N) is 1. The Morgan fingerprint density at radius 3 is 2.23 bits per heavy atom. The van der Waals surface area contributed by atoms with Crippen LogP contribution in [0.2, 0.25) is 0 Å². The van der Waals surface area contributed by atoms with Gasteiger partial charge in [-0.2, -0.15) is 0 Å². The van der Waals surface area contributed by atoms with E-state index in [9.17, 15) is 24.3 Å². The number of likely N-dealkylation sites (N-methyl/N-ethyl adjacent to an activating group) is 1. The Labute approximate surface area is 180 Å². The molecule has 31 heavy (non-hydrogen) atoms. The minimum Gasteiger partial charge on any atom is -0.508 e. The summed E-state index contributed by atoms with van der Waals surface area (Å²) in [6.07, 6.45) is -1.07. The number of nitrogens with one attached hydrogen (secondary N) is 1. The van der Waals surface area contributed by atoms with Crippen LogP contribution in [0.4, 0.5) is 0 Å². The molecule has 11 nitrogen and oxygen atoms in total. The number of carbonyl (C=O) groups is 4. The summed E-state index contributed by atoms with van der Waals surface area (Å²) >= 11 is 0. The Morgan fingerprint density at radius 2 is 1.74 bits per heavy atom. The van der Waals surface area contributed by atoms with Crippen LogP contribution >= 0.6 is 0 Å². The second-order valence-corrected chi connectivity index (χ2v) is 6.99. The lowest BCUT2D eigenvalue weighted by molar-refractivity contribution is -0.153. The lowest BCUT2D eigenvalue weighted by Crippen LogP contribution is -2.56. The second kappa shape index (κ2) is 11.9. The highest BCUT2D eigenvalue weighted by atomic mass is 16.5. The van der Waals surface area contributed by atoms with Crippen molar-refractivity contribution < 1.29 is 33.8 Å². The maximum atomic E-state index is 13.2. The van der Waals surface area contributed by atoms with E-state index in [0.29, 0.717) is 5.56 Å². The summed E-state index contributed by atoms with van der Waals surface area (Å²) in [5.74, 6) is -2.57. The van der Waals surface area contributed by atoms with Crippen molar-refractivity contribution >= 4 is 23.7 Å². The molecule has 0 spiro atoms. The van der Waals surface area contributed by atoms with Gasteiger partial charge >= 0.3 is 5.97 Å². The second-order valence-electron chi connectivity index (χ2n) is 6.99. The fourth-order valence-electron chi connectivity index (χ4n) is 2.82. The van der Waals surface area contributed by atoms with E-state index < -0.39 is 47.9 Å². The molecule has 0 heterocycles. The van der Waals surface area contributed by atoms with Gasteiger partial charge in [-0.15, -0.1) is 0 Å². The molecular formula is C20H30N4O7. The number of aromatic hydroxyl groups is 1. The number of phenolic OH excluding ortho intramolecular Hbond substituents is 1. The molecule has 0 bridgehead atoms. The lowest BCUT2D eigenvalue weighted by Gasteiger charge is -2.32. The molecule has 6 N–H and O–H groups in total. The van der Waals surface area contributed by atoms with Crippen LogP contribution in [0.3, 0.4) is 0 Å². The lowest BCUT2D eigenvalue weighted by atomic mass is 9.99. The average molecular weight is 438 g/mol. The van der Waals surface area contributed by atoms with E-state index in [-0.39, 0.29) is 18.6 Å². The molecule has 1 aromatic carbocycles. The van der Waals surface area contributed by atoms with E-state index in [4.69, 9.17) is 16.2 Å². The molecular weight excluding hydrogens is 408 g/mol. The molecule has 3 amide bonds. The van der Waals surface area contributed by atoms with Gasteiger partial charge in [-0.3, -0.25) is 14.4 Å². The maximum absolute atomic E-state index is 13.2. The van der Waals surface area contributed by atoms with E-state index in [0.717, 1.165) is 4.90 Å². The molecule has 0 radical (unpaired) electrons. The third kappa shape index (κ3) is 7.23. The number of carbonyl (C=O) groups excluding carboxylic acids is 4. The number of phenols is 1. The van der Waals surface area contributed by atoms with E-state index in [1.807, 2.05) is 0 Å². The zero-order valence-electron chi connectivity index (χ0n) is 18.0. The van der Waals surface area contributed by atoms with Gasteiger partial charge in [0.05, 0.1) is 13.2 Å². The third-order valence-corrected chi connectivity index (χ3v) is 4.85. The zero-order chi connectivity index (χ0) is 23.7. The van der Waals surface area contributed by atoms with E-state index >= 15 is 0 Å². The molecule has 0 saturated carbocycles. The number of rotatable bonds is 11. The monoisotopic (exact) mass is 438 g/mol. The van der Waals surface area contributed by atoms with Gasteiger partial charge in [-0.25, -0.2) is 4.79 Å². The van der Waals surface area contributed by atoms with Crippen LogP contribution in [0, 0.1) is 0 Å². The Bertz CT molecular complexity index is 784. The number of benzene rings is 1. The predicted octanol–water partition coefficient (Wildman–Crippen LogP) is -0.823. The Morgan fingerprint density at radius 1 is 1.16 bits per heavy atom. The van der Waals surface area contributed by atoms with Gasteiger partial charge in [-0.1, -0.05) is 12.1 Å². The summed E-state index contributed by atoms with van der Waals surface area (Å²) < 4.78 is 10.2. The van der Waals surface area contributed by atoms with Crippen LogP contribution in [0.5, 0.6) is 5.75 Å². The van der Waals surface area contributed by atoms with Gasteiger partial charge in [0.1, 0.15) is 23.9 Å². The zero-order valence-corrected chi connectivity index (χ0v) is 18.0. The number of primary amides is 1. The van der Waals surface area contributed by atoms with Gasteiger partial charge in [-0.05, 0) is 31.0 Å². The highest BCUT2D eigenvalue weighted by Gasteiger charge is 2.37. The highest BCUT2D eigenvalue weighted by molar-refractivity contribution is 5.92. The number of amides is 3. The summed E-state index contributed by atoms with van der Waals surface area (Å²) in [6.45, 7) is 1.48. The summed E-state index contributed by atoms with van der Waals surface area (Å²) in [7, 11) is 3.93. The summed E-state index contributed by atoms with van der Waals surface area (Å²) in [4.78, 5) is 49.8. The third-order valence-electron chi connectivity index (χ3n) is 4.85. The Balaban J connectivity index is 3.22. The first-order valence-electron chi connectivity index (χ1n) is 9.53. The SMILES string of the molecule is COC(=O)[C@H](C)N(C)C(=O)[C@@H](NC(=O)[C@@H](N)CCC(N)=O)[C@H](OC)c1ccc(O)cc1. The number of hydrogen-bond donors (Lipinski definition) is 4. The first-order chi connectivity index (χ1) is 14.5. The largest absolute Gasteiger partial charge is 0.508 e. The smallest absolute Gasteiger partial charge is 0.328 e. The van der Waals surface area contributed by atoms with Crippen molar-refractivity contribution in [3.05, 3.63) is 29.8 Å². The molecule has 1 aromatic rings. The van der Waals surface area contributed by atoms with Crippen molar-refractivity contribution in [1.82, 2.24) is 10.2 Å². The molecule has 0 aromatic heterocycles. The van der Waals surface area contributed by atoms with Crippen molar-refractivity contribution in [2.75, 3.05) is 21.3 Å². The number of methoxy groups -OCH3 is 2. The van der Waals surface area contributed by atoms with Crippen LogP contribution in [0.1, 0.15) is 31.4 Å². The normalized spacial score (nSPS) is 14.6. The van der Waals surface area contributed by atoms with Crippen molar-refractivity contribution in [2.24, 2.45) is 11.5 Å². The molecule has 0 aliphatic carbocycles. The molecule has 172 valence electrons. The fourth-order valence-corrected chi connectivity index (χ4v) is 2.82. The first-order valence-corrected chi connectivity index (χ1v) is 9.53. The van der Waals surface area contributed by atoms with Crippen molar-refractivity contribution in [2.45, 2.75) is 44.0 Å². The molecule has 0 unspecified atom stereocenters. The predicted molar refractivity (Wildman–Crippen MR) is 110 cm³/mol. The molecule has 4 atom stereocenters. The number of ether oxygens (including phenoxy) is 2. The quantitative estimate of drug-likeness (QED) is 0.324. The van der Waals surface area contributed by atoms with Crippen molar-refractivity contribution in [3.63, 3.8) is 0 Å². The summed E-state index contributed by atoms with van der Waals surface area (Å²) in [5, 5.41) is 12.1. The minimum absolute atomic E-state index is 0.00661. The van der Waals surface area contributed by atoms with Gasteiger partial charge < -0.3 is 36.3 Å². The average Bonchev–Trinajstić information content (AvgIpc) is 2.75. The van der Waals surface area contributed by atoms with Crippen LogP contribution < -0.4 is 16.8 Å². The number of nitrogens with two attached hydrogens (primary N) is 2. The van der Waals surface area contributed by atoms with Crippen LogP contribution in [-0.4, -0.2) is 73.1 Å². The Kier molecular flexibility index (Phi) is 9.90. The molecule has 0 aliphatic heterocycles. The van der Waals surface area contributed by atoms with Crippen LogP contribution in [0.15, 0.2) is 24.3 Å². The molecule has 1 rings (SSSR count). The molecule has 0 saturated heterocycles. The van der Waals surface area contributed by atoms with Crippen LogP contribution in [-0.2, 0) is 28.7 Å². The molecule has 0 aliphatic rings. The number of hydrogen-bond acceptors (Lipinski definition) is 8. The topological polar surface area (TPSA) is 174 Å². The van der Waals surface area contributed by atoms with Gasteiger partial charge in [0.15, 0.2) is 0 Å². The number of esters is 1. The standard InChI is InChI=1S/C20H30N4O7/c1-11(20(29)31-4)24(2)19(28)16(23-18(27)14(21)9-10-15(22)26)17(30-3)12-5-7-13(25)8-6-12/h5-8,11,14,16-17,25H,9-10,21H2,1-4H3,(H2,22,26)(H,23,27)/t11-,14-,16-,17+/m0/s1. The summed E-state index contributed by atoms with van der Waals surface area (Å²) in [5.41, 5.74) is 11.4. The maximum Gasteiger partial charge on any atom is 0.328 e. The first kappa shape index (κ1) is 25.9. The summed E-state index contributed by atoms with van der Waals surface area (Å²) in [6, 6.07) is 2.59. The van der Waals surface area contributed by atoms with E-state index in [1.165, 1.54) is 52.5 Å². The fraction of sp³-hybridized carbons (Fsp3) is 0.500.